The number of likely N-dealkylation sites (N-methyl/N-ethyl adjacent to an activating group) is 1. The molecule has 3 rings (SSSR count). The summed E-state index contributed by atoms with van der Waals surface area (Å²) in [7, 11) is 2.13. The highest BCUT2D eigenvalue weighted by Gasteiger charge is 2.28. The fourth-order valence-corrected chi connectivity index (χ4v) is 3.56. The van der Waals surface area contributed by atoms with Gasteiger partial charge in [0, 0.05) is 23.3 Å². The van der Waals surface area contributed by atoms with E-state index >= 15 is 0 Å². The van der Waals surface area contributed by atoms with Gasteiger partial charge in [0.2, 0.25) is 0 Å². The summed E-state index contributed by atoms with van der Waals surface area (Å²) in [6.45, 7) is 8.69. The molecule has 1 aliphatic heterocycles. The Morgan fingerprint density at radius 1 is 1.15 bits per heavy atom. The number of allylic oxidation sites excluding steroid dienone is 2. The summed E-state index contributed by atoms with van der Waals surface area (Å²) in [5, 5.41) is 10.3. The molecule has 132 valence electrons. The molecular weight excluding hydrogens is 340 g/mol. The number of hydrogen-bond acceptors (Lipinski definition) is 2. The Balaban J connectivity index is 2.12. The second-order valence-corrected chi connectivity index (χ2v) is 7.88. The van der Waals surface area contributed by atoms with Crippen molar-refractivity contribution in [2.24, 2.45) is 0 Å². The molecule has 0 N–H and O–H groups in total. The van der Waals surface area contributed by atoms with E-state index in [0.29, 0.717) is 10.6 Å². The van der Waals surface area contributed by atoms with Crippen LogP contribution in [0.1, 0.15) is 43.0 Å². The van der Waals surface area contributed by atoms with Crippen molar-refractivity contribution in [3.63, 3.8) is 0 Å². The van der Waals surface area contributed by atoms with Crippen molar-refractivity contribution in [2.75, 3.05) is 11.9 Å². The van der Waals surface area contributed by atoms with Gasteiger partial charge < -0.3 is 4.90 Å². The number of fused-ring (bicyclic) bond motifs is 1. The smallest absolute Gasteiger partial charge is 0.0998 e. The topological polar surface area (TPSA) is 27.0 Å². The molecule has 0 radical (unpaired) electrons. The van der Waals surface area contributed by atoms with Crippen LogP contribution in [0.15, 0.2) is 42.5 Å². The maximum absolute atomic E-state index is 9.63. The molecule has 3 heteroatoms. The van der Waals surface area contributed by atoms with E-state index in [0.717, 1.165) is 16.7 Å². The number of aryl methyl sites for hydroxylation is 1. The molecule has 0 saturated carbocycles. The van der Waals surface area contributed by atoms with Gasteiger partial charge in [-0.2, -0.15) is 5.26 Å². The molecule has 0 unspecified atom stereocenters. The van der Waals surface area contributed by atoms with Crippen molar-refractivity contribution in [3.05, 3.63) is 69.8 Å². The third-order valence-corrected chi connectivity index (χ3v) is 5.43. The molecule has 0 saturated heterocycles. The first-order valence-electron chi connectivity index (χ1n) is 8.69. The number of nitrogens with zero attached hydrogens (tertiary/aromatic N) is 2. The van der Waals surface area contributed by atoms with Gasteiger partial charge in [-0.25, -0.2) is 0 Å². The molecule has 0 amide bonds. The number of halogens is 1. The zero-order chi connectivity index (χ0) is 19.1. The van der Waals surface area contributed by atoms with Crippen LogP contribution in [0.2, 0.25) is 5.02 Å². The van der Waals surface area contributed by atoms with Gasteiger partial charge in [-0.05, 0) is 80.3 Å². The van der Waals surface area contributed by atoms with E-state index in [-0.39, 0.29) is 5.54 Å². The maximum atomic E-state index is 9.63. The van der Waals surface area contributed by atoms with Crippen LogP contribution in [0.25, 0.3) is 17.2 Å². The van der Waals surface area contributed by atoms with Crippen LogP contribution in [0.3, 0.4) is 0 Å². The Morgan fingerprint density at radius 3 is 2.42 bits per heavy atom. The first-order chi connectivity index (χ1) is 12.2. The highest BCUT2D eigenvalue weighted by Crippen LogP contribution is 2.39. The SMILES string of the molecule is CC1=CC(C)(C)N(C)c2cc(C)c(/C=C(\C#N)c3ccc(Cl)cc3)cc21. The van der Waals surface area contributed by atoms with E-state index in [2.05, 4.69) is 63.9 Å². The molecule has 0 bridgehead atoms. The van der Waals surface area contributed by atoms with E-state index in [1.165, 1.54) is 16.8 Å². The number of nitriles is 1. The Bertz CT molecular complexity index is 957. The highest BCUT2D eigenvalue weighted by molar-refractivity contribution is 6.30. The van der Waals surface area contributed by atoms with E-state index in [1.807, 2.05) is 30.3 Å². The van der Waals surface area contributed by atoms with Gasteiger partial charge in [0.05, 0.1) is 17.2 Å². The molecule has 1 heterocycles. The molecule has 0 fully saturated rings. The summed E-state index contributed by atoms with van der Waals surface area (Å²) < 4.78 is 0. The Labute approximate surface area is 161 Å². The van der Waals surface area contributed by atoms with Gasteiger partial charge >= 0.3 is 0 Å². The standard InChI is InChI=1S/C23H23ClN2/c1-15-10-22-21(16(2)13-23(3,4)26(22)5)12-18(15)11-19(14-25)17-6-8-20(24)9-7-17/h6-13H,1-5H3/b19-11+. The number of anilines is 1. The van der Waals surface area contributed by atoms with Gasteiger partial charge in [0.25, 0.3) is 0 Å². The van der Waals surface area contributed by atoms with Crippen molar-refractivity contribution in [3.8, 4) is 6.07 Å². The first-order valence-corrected chi connectivity index (χ1v) is 9.07. The van der Waals surface area contributed by atoms with Crippen LogP contribution in [-0.2, 0) is 0 Å². The van der Waals surface area contributed by atoms with E-state index in [9.17, 15) is 5.26 Å². The Kier molecular flexibility index (Phi) is 4.69. The van der Waals surface area contributed by atoms with Gasteiger partial charge in [-0.1, -0.05) is 29.8 Å². The predicted octanol–water partition coefficient (Wildman–Crippen LogP) is 6.34. The minimum Gasteiger partial charge on any atom is -0.365 e. The molecule has 1 aliphatic rings. The summed E-state index contributed by atoms with van der Waals surface area (Å²) >= 11 is 5.96. The van der Waals surface area contributed by atoms with Crippen molar-refractivity contribution in [1.29, 1.82) is 5.26 Å². The maximum Gasteiger partial charge on any atom is 0.0998 e. The highest BCUT2D eigenvalue weighted by atomic mass is 35.5. The van der Waals surface area contributed by atoms with Gasteiger partial charge in [-0.3, -0.25) is 0 Å². The van der Waals surface area contributed by atoms with Gasteiger partial charge in [0.15, 0.2) is 0 Å². The molecule has 0 aromatic heterocycles. The Hall–Kier alpha value is -2.50. The molecule has 2 nitrogen and oxygen atoms in total. The van der Waals surface area contributed by atoms with Crippen LogP contribution in [0.5, 0.6) is 0 Å². The normalized spacial score (nSPS) is 16.0. The molecule has 0 atom stereocenters. The van der Waals surface area contributed by atoms with E-state index in [4.69, 9.17) is 11.6 Å². The first kappa shape index (κ1) is 18.3. The summed E-state index contributed by atoms with van der Waals surface area (Å²) in [6.07, 6.45) is 4.26. The molecular formula is C23H23ClN2. The number of benzene rings is 2. The molecule has 2 aromatic rings. The van der Waals surface area contributed by atoms with Gasteiger partial charge in [0.1, 0.15) is 0 Å². The second-order valence-electron chi connectivity index (χ2n) is 7.44. The van der Waals surface area contributed by atoms with Crippen LogP contribution in [0.4, 0.5) is 5.69 Å². The summed E-state index contributed by atoms with van der Waals surface area (Å²) in [6, 6.07) is 14.1. The zero-order valence-corrected chi connectivity index (χ0v) is 16.6. The lowest BCUT2D eigenvalue weighted by atomic mass is 9.87. The third kappa shape index (κ3) is 3.28. The quantitative estimate of drug-likeness (QED) is 0.460. The average molecular weight is 363 g/mol. The molecule has 2 aromatic carbocycles. The monoisotopic (exact) mass is 362 g/mol. The second kappa shape index (κ2) is 6.67. The minimum absolute atomic E-state index is 0.0119. The predicted molar refractivity (Wildman–Crippen MR) is 112 cm³/mol. The lowest BCUT2D eigenvalue weighted by Gasteiger charge is -2.41. The zero-order valence-electron chi connectivity index (χ0n) is 15.9. The van der Waals surface area contributed by atoms with Crippen LogP contribution >= 0.6 is 11.6 Å². The number of rotatable bonds is 2. The molecule has 26 heavy (non-hydrogen) atoms. The summed E-state index contributed by atoms with van der Waals surface area (Å²) in [5.74, 6) is 0. The van der Waals surface area contributed by atoms with Crippen molar-refractivity contribution in [2.45, 2.75) is 33.2 Å². The van der Waals surface area contributed by atoms with Crippen LogP contribution < -0.4 is 4.90 Å². The van der Waals surface area contributed by atoms with Gasteiger partial charge in [-0.15, -0.1) is 0 Å². The number of hydrogen-bond donors (Lipinski definition) is 0. The summed E-state index contributed by atoms with van der Waals surface area (Å²) in [5.41, 5.74) is 7.44. The largest absolute Gasteiger partial charge is 0.365 e. The van der Waals surface area contributed by atoms with Crippen molar-refractivity contribution >= 4 is 34.5 Å². The van der Waals surface area contributed by atoms with E-state index < -0.39 is 0 Å². The summed E-state index contributed by atoms with van der Waals surface area (Å²) in [4.78, 5) is 2.31. The lowest BCUT2D eigenvalue weighted by Crippen LogP contribution is -2.42. The Morgan fingerprint density at radius 2 is 1.81 bits per heavy atom. The van der Waals surface area contributed by atoms with Crippen LogP contribution in [-0.4, -0.2) is 12.6 Å². The average Bonchev–Trinajstić information content (AvgIpc) is 2.59. The molecule has 0 spiro atoms. The fourth-order valence-electron chi connectivity index (χ4n) is 3.44. The fraction of sp³-hybridized carbons (Fsp3) is 0.261. The minimum atomic E-state index is -0.0119. The van der Waals surface area contributed by atoms with Crippen molar-refractivity contribution in [1.82, 2.24) is 0 Å². The third-order valence-electron chi connectivity index (χ3n) is 5.18. The molecule has 0 aliphatic carbocycles. The lowest BCUT2D eigenvalue weighted by molar-refractivity contribution is 0.597. The van der Waals surface area contributed by atoms with Crippen molar-refractivity contribution < 1.29 is 0 Å². The van der Waals surface area contributed by atoms with Crippen LogP contribution in [0, 0.1) is 18.3 Å². The van der Waals surface area contributed by atoms with E-state index in [1.54, 1.807) is 0 Å².